The molecule has 0 radical (unpaired) electrons. The van der Waals surface area contributed by atoms with Gasteiger partial charge >= 0.3 is 0 Å². The Hall–Kier alpha value is -5.93. The van der Waals surface area contributed by atoms with Crippen LogP contribution >= 0.6 is 0 Å². The van der Waals surface area contributed by atoms with Crippen LogP contribution in [0, 0.1) is 0 Å². The number of aromatic nitrogens is 3. The number of hydrogen-bond acceptors (Lipinski definition) is 1. The molecule has 0 bridgehead atoms. The maximum atomic E-state index is 5.08. The molecule has 202 valence electrons. The van der Waals surface area contributed by atoms with Gasteiger partial charge in [-0.05, 0) is 75.5 Å². The molecule has 0 spiro atoms. The van der Waals surface area contributed by atoms with Gasteiger partial charge in [0.05, 0.1) is 27.6 Å². The number of imidazole rings is 1. The minimum absolute atomic E-state index is 1.00. The van der Waals surface area contributed by atoms with Crippen LogP contribution < -0.4 is 0 Å². The lowest BCUT2D eigenvalue weighted by Gasteiger charge is -2.14. The van der Waals surface area contributed by atoms with Crippen LogP contribution in [0.15, 0.2) is 140 Å². The molecule has 0 fully saturated rings. The number of nitrogens with zero attached hydrogens (tertiary/aromatic N) is 3. The van der Waals surface area contributed by atoms with E-state index in [1.54, 1.807) is 0 Å². The van der Waals surface area contributed by atoms with E-state index in [0.29, 0.717) is 0 Å². The van der Waals surface area contributed by atoms with Crippen molar-refractivity contribution in [2.45, 2.75) is 0 Å². The minimum Gasteiger partial charge on any atom is -0.309 e. The second kappa shape index (κ2) is 7.91. The van der Waals surface area contributed by atoms with Gasteiger partial charge < -0.3 is 4.57 Å². The van der Waals surface area contributed by atoms with E-state index in [2.05, 4.69) is 148 Å². The molecular formula is C41H23N3. The Morgan fingerprint density at radius 2 is 1.09 bits per heavy atom. The van der Waals surface area contributed by atoms with E-state index in [1.165, 1.54) is 76.5 Å². The third-order valence-corrected chi connectivity index (χ3v) is 9.80. The summed E-state index contributed by atoms with van der Waals surface area (Å²) in [5.41, 5.74) is 13.3. The zero-order valence-electron chi connectivity index (χ0n) is 23.6. The van der Waals surface area contributed by atoms with E-state index in [4.69, 9.17) is 4.98 Å². The van der Waals surface area contributed by atoms with Gasteiger partial charge in [0, 0.05) is 32.6 Å². The van der Waals surface area contributed by atoms with Gasteiger partial charge in [-0.2, -0.15) is 0 Å². The summed E-state index contributed by atoms with van der Waals surface area (Å²) in [6.45, 7) is 0. The van der Waals surface area contributed by atoms with Crippen molar-refractivity contribution in [3.63, 3.8) is 0 Å². The fourth-order valence-corrected chi connectivity index (χ4v) is 8.03. The molecule has 0 amide bonds. The van der Waals surface area contributed by atoms with Gasteiger partial charge in [0.2, 0.25) is 0 Å². The van der Waals surface area contributed by atoms with Gasteiger partial charge in [-0.25, -0.2) is 4.98 Å². The molecule has 11 rings (SSSR count). The fraction of sp³-hybridized carbons (Fsp3) is 0. The van der Waals surface area contributed by atoms with Crippen LogP contribution in [-0.2, 0) is 0 Å². The SMILES string of the molecule is c1ccc2c(c1)-c1cccc3c1c-2cc1c2ccccc2n(-c2ccc4c(c2)c2ccccc2c2nc5ccccc5n42)c31. The number of hydrogen-bond donors (Lipinski definition) is 0. The standard InChI is InChI=1S/C41H23N3/c1-2-11-26-25(10-1)29-15-9-16-31-39(29)33(26)23-34-28-13-5-7-18-36(28)43(40(31)34)24-20-21-37-32(22-24)27-12-3-4-14-30(27)41-42-35-17-6-8-19-38(35)44(37)41/h1-23H. The van der Waals surface area contributed by atoms with Crippen molar-refractivity contribution in [3.05, 3.63) is 140 Å². The predicted octanol–water partition coefficient (Wildman–Crippen LogP) is 10.7. The van der Waals surface area contributed by atoms with Crippen molar-refractivity contribution in [1.29, 1.82) is 0 Å². The molecule has 0 aliphatic heterocycles. The highest BCUT2D eigenvalue weighted by Crippen LogP contribution is 2.51. The number of pyridine rings is 1. The van der Waals surface area contributed by atoms with Gasteiger partial charge in [-0.15, -0.1) is 0 Å². The summed E-state index contributed by atoms with van der Waals surface area (Å²) in [4.78, 5) is 5.08. The number of benzene rings is 7. The van der Waals surface area contributed by atoms with Crippen molar-refractivity contribution in [3.8, 4) is 27.9 Å². The van der Waals surface area contributed by atoms with Gasteiger partial charge in [-0.3, -0.25) is 4.40 Å². The summed E-state index contributed by atoms with van der Waals surface area (Å²) in [5, 5.41) is 8.81. The predicted molar refractivity (Wildman–Crippen MR) is 184 cm³/mol. The van der Waals surface area contributed by atoms with E-state index in [1.807, 2.05) is 0 Å². The topological polar surface area (TPSA) is 22.2 Å². The lowest BCUT2D eigenvalue weighted by atomic mass is 9.99. The van der Waals surface area contributed by atoms with Crippen LogP contribution in [0.2, 0.25) is 0 Å². The van der Waals surface area contributed by atoms with Crippen LogP contribution in [0.4, 0.5) is 0 Å². The van der Waals surface area contributed by atoms with Gasteiger partial charge in [0.15, 0.2) is 0 Å². The Labute approximate surface area is 251 Å². The first kappa shape index (κ1) is 22.6. The van der Waals surface area contributed by atoms with Crippen molar-refractivity contribution >= 4 is 70.9 Å². The summed E-state index contributed by atoms with van der Waals surface area (Å²) in [5.74, 6) is 0. The van der Waals surface area contributed by atoms with Gasteiger partial charge in [0.25, 0.3) is 0 Å². The van der Waals surface area contributed by atoms with Crippen LogP contribution in [-0.4, -0.2) is 14.0 Å². The molecule has 3 heteroatoms. The Morgan fingerprint density at radius 3 is 1.98 bits per heavy atom. The van der Waals surface area contributed by atoms with Crippen LogP contribution in [0.1, 0.15) is 0 Å². The van der Waals surface area contributed by atoms with Crippen molar-refractivity contribution in [2.75, 3.05) is 0 Å². The Balaban J connectivity index is 1.32. The van der Waals surface area contributed by atoms with Crippen molar-refractivity contribution in [1.82, 2.24) is 14.0 Å². The number of para-hydroxylation sites is 3. The summed E-state index contributed by atoms with van der Waals surface area (Å²) >= 11 is 0. The molecule has 3 heterocycles. The van der Waals surface area contributed by atoms with Gasteiger partial charge in [0.1, 0.15) is 5.65 Å². The number of fused-ring (bicyclic) bond motifs is 15. The molecule has 44 heavy (non-hydrogen) atoms. The smallest absolute Gasteiger partial charge is 0.146 e. The zero-order valence-corrected chi connectivity index (χ0v) is 23.6. The van der Waals surface area contributed by atoms with Gasteiger partial charge in [-0.1, -0.05) is 97.1 Å². The van der Waals surface area contributed by atoms with E-state index < -0.39 is 0 Å². The quantitative estimate of drug-likeness (QED) is 0.184. The second-order valence-corrected chi connectivity index (χ2v) is 12.0. The highest BCUT2D eigenvalue weighted by Gasteiger charge is 2.25. The van der Waals surface area contributed by atoms with E-state index in [0.717, 1.165) is 22.4 Å². The maximum absolute atomic E-state index is 5.08. The van der Waals surface area contributed by atoms with Crippen LogP contribution in [0.25, 0.3) is 98.9 Å². The van der Waals surface area contributed by atoms with E-state index >= 15 is 0 Å². The molecule has 7 aromatic carbocycles. The largest absolute Gasteiger partial charge is 0.309 e. The normalized spacial score (nSPS) is 12.5. The lowest BCUT2D eigenvalue weighted by Crippen LogP contribution is -1.97. The average molecular weight is 558 g/mol. The molecule has 1 aliphatic carbocycles. The Morgan fingerprint density at radius 1 is 0.409 bits per heavy atom. The highest BCUT2D eigenvalue weighted by atomic mass is 15.0. The van der Waals surface area contributed by atoms with Crippen LogP contribution in [0.3, 0.4) is 0 Å². The van der Waals surface area contributed by atoms with E-state index in [9.17, 15) is 0 Å². The zero-order chi connectivity index (χ0) is 28.5. The first-order valence-electron chi connectivity index (χ1n) is 15.2. The third-order valence-electron chi connectivity index (χ3n) is 9.80. The average Bonchev–Trinajstić information content (AvgIpc) is 3.75. The minimum atomic E-state index is 1.00. The molecular weight excluding hydrogens is 534 g/mol. The van der Waals surface area contributed by atoms with E-state index in [-0.39, 0.29) is 0 Å². The molecule has 3 aromatic heterocycles. The molecule has 0 atom stereocenters. The highest BCUT2D eigenvalue weighted by molar-refractivity contribution is 6.27. The molecule has 0 saturated heterocycles. The third kappa shape index (κ3) is 2.66. The van der Waals surface area contributed by atoms with Crippen molar-refractivity contribution < 1.29 is 0 Å². The fourth-order valence-electron chi connectivity index (χ4n) is 8.03. The molecule has 0 unspecified atom stereocenters. The Kier molecular flexibility index (Phi) is 4.07. The molecule has 1 aliphatic rings. The monoisotopic (exact) mass is 557 g/mol. The first-order chi connectivity index (χ1) is 21.8. The molecule has 0 saturated carbocycles. The molecule has 10 aromatic rings. The summed E-state index contributed by atoms with van der Waals surface area (Å²) in [6, 6.07) is 51.0. The number of rotatable bonds is 1. The molecule has 3 nitrogen and oxygen atoms in total. The Bertz CT molecular complexity index is 2880. The van der Waals surface area contributed by atoms with Crippen LogP contribution in [0.5, 0.6) is 0 Å². The maximum Gasteiger partial charge on any atom is 0.146 e. The summed E-state index contributed by atoms with van der Waals surface area (Å²) in [6.07, 6.45) is 0. The second-order valence-electron chi connectivity index (χ2n) is 12.0. The summed E-state index contributed by atoms with van der Waals surface area (Å²) < 4.78 is 4.82. The summed E-state index contributed by atoms with van der Waals surface area (Å²) in [7, 11) is 0. The first-order valence-corrected chi connectivity index (χ1v) is 15.2. The van der Waals surface area contributed by atoms with Crippen molar-refractivity contribution in [2.24, 2.45) is 0 Å². The lowest BCUT2D eigenvalue weighted by molar-refractivity contribution is 1.19. The molecule has 0 N–H and O–H groups in total.